The van der Waals surface area contributed by atoms with E-state index in [1.54, 1.807) is 0 Å². The van der Waals surface area contributed by atoms with Crippen molar-refractivity contribution in [1.29, 1.82) is 0 Å². The van der Waals surface area contributed by atoms with Gasteiger partial charge in [-0.1, -0.05) is 20.8 Å². The minimum Gasteiger partial charge on any atom is -0.290 e. The molecule has 0 aliphatic carbocycles. The molecular formula is C16H39N5S. The van der Waals surface area contributed by atoms with E-state index >= 15 is 0 Å². The summed E-state index contributed by atoms with van der Waals surface area (Å²) in [5.74, 6) is 0.593. The minimum absolute atomic E-state index is 0.0309. The molecule has 0 aromatic heterocycles. The van der Waals surface area contributed by atoms with Gasteiger partial charge < -0.3 is 0 Å². The van der Waals surface area contributed by atoms with Gasteiger partial charge in [0.1, 0.15) is 0 Å². The first-order chi connectivity index (χ1) is 10.1. The van der Waals surface area contributed by atoms with Crippen LogP contribution >= 0.6 is 11.8 Å². The molecule has 0 aromatic rings. The molecule has 2 unspecified atom stereocenters. The molecule has 0 bridgehead atoms. The molecule has 0 aliphatic rings. The van der Waals surface area contributed by atoms with E-state index in [0.717, 1.165) is 25.3 Å². The lowest BCUT2D eigenvalue weighted by molar-refractivity contribution is -0.0202. The second kappa shape index (κ2) is 9.45. The van der Waals surface area contributed by atoms with E-state index in [9.17, 15) is 0 Å². The van der Waals surface area contributed by atoms with Gasteiger partial charge in [-0.25, -0.2) is 0 Å². The summed E-state index contributed by atoms with van der Waals surface area (Å²) in [5, 5.41) is 14.8. The van der Waals surface area contributed by atoms with Gasteiger partial charge in [-0.05, 0) is 67.2 Å². The van der Waals surface area contributed by atoms with Crippen LogP contribution in [0.4, 0.5) is 0 Å². The van der Waals surface area contributed by atoms with Crippen molar-refractivity contribution in [3.05, 3.63) is 0 Å². The topological polar surface area (TPSA) is 51.4 Å². The van der Waals surface area contributed by atoms with Gasteiger partial charge in [0.05, 0.1) is 0 Å². The highest BCUT2D eigenvalue weighted by Crippen LogP contribution is 2.33. The molecule has 0 amide bonds. The molecule has 0 heterocycles. The molecular weight excluding hydrogens is 294 g/mol. The summed E-state index contributed by atoms with van der Waals surface area (Å²) in [6, 6.07) is 0. The average molecular weight is 334 g/mol. The fraction of sp³-hybridized carbons (Fsp3) is 1.00. The van der Waals surface area contributed by atoms with Crippen LogP contribution in [0.2, 0.25) is 0 Å². The largest absolute Gasteiger partial charge is 0.290 e. The van der Waals surface area contributed by atoms with E-state index in [-0.39, 0.29) is 10.5 Å². The number of hydrogen-bond donors (Lipinski definition) is 4. The van der Waals surface area contributed by atoms with Crippen molar-refractivity contribution in [2.45, 2.75) is 64.3 Å². The molecule has 0 fully saturated rings. The Morgan fingerprint density at radius 2 is 1.59 bits per heavy atom. The molecule has 0 aromatic carbocycles. The summed E-state index contributed by atoms with van der Waals surface area (Å²) in [5.41, 5.74) is -0.0309. The Kier molecular flexibility index (Phi) is 9.51. The van der Waals surface area contributed by atoms with E-state index in [0.29, 0.717) is 0 Å². The molecule has 2 atom stereocenters. The first-order valence-corrected chi connectivity index (χ1v) is 9.42. The van der Waals surface area contributed by atoms with Gasteiger partial charge in [0.25, 0.3) is 0 Å². The van der Waals surface area contributed by atoms with E-state index in [1.165, 1.54) is 0 Å². The van der Waals surface area contributed by atoms with E-state index in [2.05, 4.69) is 81.8 Å². The van der Waals surface area contributed by atoms with Crippen LogP contribution in [0.15, 0.2) is 0 Å². The molecule has 22 heavy (non-hydrogen) atoms. The Balaban J connectivity index is 6.00. The van der Waals surface area contributed by atoms with Crippen LogP contribution < -0.4 is 21.3 Å². The van der Waals surface area contributed by atoms with Crippen molar-refractivity contribution in [3.63, 3.8) is 0 Å². The van der Waals surface area contributed by atoms with Crippen molar-refractivity contribution in [1.82, 2.24) is 26.2 Å². The lowest BCUT2D eigenvalue weighted by Gasteiger charge is -2.56. The zero-order valence-electron chi connectivity index (χ0n) is 16.2. The number of hydrogen-bond acceptors (Lipinski definition) is 6. The fourth-order valence-corrected chi connectivity index (χ4v) is 4.12. The molecule has 0 saturated carbocycles. The fourth-order valence-electron chi connectivity index (χ4n) is 2.78. The second-order valence-corrected chi connectivity index (χ2v) is 8.28. The van der Waals surface area contributed by atoms with Crippen molar-refractivity contribution >= 4 is 11.8 Å². The Hall–Kier alpha value is 0.150. The van der Waals surface area contributed by atoms with Crippen molar-refractivity contribution < 1.29 is 0 Å². The third-order valence-electron chi connectivity index (χ3n) is 3.51. The Morgan fingerprint density at radius 1 is 1.00 bits per heavy atom. The molecule has 4 N–H and O–H groups in total. The van der Waals surface area contributed by atoms with Crippen LogP contribution in [-0.2, 0) is 0 Å². The van der Waals surface area contributed by atoms with Crippen molar-refractivity contribution in [3.8, 4) is 0 Å². The SMILES string of the molecule is CCCNC(NC(C)(C)C)(N(C)C)C(NC)(NCC)SCC. The predicted molar refractivity (Wildman–Crippen MR) is 101 cm³/mol. The molecule has 5 nitrogen and oxygen atoms in total. The van der Waals surface area contributed by atoms with Gasteiger partial charge in [0, 0.05) is 5.54 Å². The van der Waals surface area contributed by atoms with E-state index < -0.39 is 5.79 Å². The number of thioether (sulfide) groups is 1. The van der Waals surface area contributed by atoms with E-state index in [4.69, 9.17) is 0 Å². The molecule has 0 rings (SSSR count). The van der Waals surface area contributed by atoms with E-state index in [1.807, 2.05) is 18.8 Å². The smallest absolute Gasteiger partial charge is 0.168 e. The quantitative estimate of drug-likeness (QED) is 0.433. The lowest BCUT2D eigenvalue weighted by Crippen LogP contribution is -2.85. The first-order valence-electron chi connectivity index (χ1n) is 8.44. The molecule has 6 heteroatoms. The summed E-state index contributed by atoms with van der Waals surface area (Å²) < 4.78 is 0. The van der Waals surface area contributed by atoms with Gasteiger partial charge in [-0.15, -0.1) is 11.8 Å². The van der Waals surface area contributed by atoms with Crippen LogP contribution in [0.3, 0.4) is 0 Å². The Morgan fingerprint density at radius 3 is 1.91 bits per heavy atom. The molecule has 0 saturated heterocycles. The molecule has 0 aliphatic heterocycles. The van der Waals surface area contributed by atoms with Gasteiger partial charge in [0.15, 0.2) is 10.8 Å². The summed E-state index contributed by atoms with van der Waals surface area (Å²) in [6.45, 7) is 15.0. The molecule has 134 valence electrons. The first kappa shape index (κ1) is 22.1. The third kappa shape index (κ3) is 5.35. The van der Waals surface area contributed by atoms with Gasteiger partial charge in [0.2, 0.25) is 0 Å². The number of rotatable bonds is 11. The normalized spacial score (nSPS) is 18.3. The Bertz CT molecular complexity index is 297. The van der Waals surface area contributed by atoms with Crippen LogP contribution in [0.1, 0.15) is 48.0 Å². The van der Waals surface area contributed by atoms with Crippen LogP contribution in [0, 0.1) is 0 Å². The second-order valence-electron chi connectivity index (χ2n) is 6.80. The highest BCUT2D eigenvalue weighted by atomic mass is 32.2. The summed E-state index contributed by atoms with van der Waals surface area (Å²) in [4.78, 5) is 1.90. The maximum absolute atomic E-state index is 3.83. The maximum atomic E-state index is 3.83. The van der Waals surface area contributed by atoms with Crippen LogP contribution in [0.5, 0.6) is 0 Å². The highest BCUT2D eigenvalue weighted by Gasteiger charge is 2.53. The number of nitrogens with zero attached hydrogens (tertiary/aromatic N) is 1. The zero-order valence-corrected chi connectivity index (χ0v) is 17.0. The minimum atomic E-state index is -0.424. The average Bonchev–Trinajstić information content (AvgIpc) is 2.41. The van der Waals surface area contributed by atoms with Crippen molar-refractivity contribution in [2.75, 3.05) is 40.0 Å². The highest BCUT2D eigenvalue weighted by molar-refractivity contribution is 8.00. The van der Waals surface area contributed by atoms with Gasteiger partial charge in [-0.3, -0.25) is 26.2 Å². The monoisotopic (exact) mass is 333 g/mol. The summed E-state index contributed by atoms with van der Waals surface area (Å²) in [7, 11) is 6.28. The maximum Gasteiger partial charge on any atom is 0.168 e. The standard InChI is InChI=1S/C16H39N5S/c1-10-13-19-15(21(8)9,20-14(4,5)6)16(17-7,18-11-2)22-12-3/h17-20H,10-13H2,1-9H3. The Labute approximate surface area is 142 Å². The molecule has 0 spiro atoms. The van der Waals surface area contributed by atoms with Gasteiger partial charge in [-0.2, -0.15) is 0 Å². The van der Waals surface area contributed by atoms with Crippen LogP contribution in [-0.4, -0.2) is 61.2 Å². The lowest BCUT2D eigenvalue weighted by atomic mass is 10.0. The number of likely N-dealkylation sites (N-methyl/N-ethyl adjacent to an activating group) is 3. The number of nitrogens with one attached hydrogen (secondary N) is 4. The van der Waals surface area contributed by atoms with Crippen molar-refractivity contribution in [2.24, 2.45) is 0 Å². The summed E-state index contributed by atoms with van der Waals surface area (Å²) >= 11 is 1.89. The molecule has 0 radical (unpaired) electrons. The van der Waals surface area contributed by atoms with Crippen LogP contribution in [0.25, 0.3) is 0 Å². The zero-order chi connectivity index (χ0) is 17.4. The predicted octanol–water partition coefficient (Wildman–Crippen LogP) is 1.83. The summed E-state index contributed by atoms with van der Waals surface area (Å²) in [6.07, 6.45) is 1.09. The van der Waals surface area contributed by atoms with Gasteiger partial charge >= 0.3 is 0 Å². The third-order valence-corrected chi connectivity index (χ3v) is 4.87.